The SMILES string of the molecule is C[C@H](NS(=O)(=O)c1cc(NC(=O)c2ccc3c(c2)OCO3)ccc1N1CCC(C(N)=O)CC1)c1ccccc1. The van der Waals surface area contributed by atoms with E-state index in [0.29, 0.717) is 54.4 Å². The highest BCUT2D eigenvalue weighted by atomic mass is 32.2. The maximum atomic E-state index is 13.7. The molecule has 204 valence electrons. The largest absolute Gasteiger partial charge is 0.454 e. The zero-order valence-corrected chi connectivity index (χ0v) is 22.2. The van der Waals surface area contributed by atoms with E-state index in [0.717, 1.165) is 5.56 Å². The first-order valence-corrected chi connectivity index (χ1v) is 14.2. The lowest BCUT2D eigenvalue weighted by atomic mass is 9.96. The van der Waals surface area contributed by atoms with Crippen LogP contribution in [-0.2, 0) is 14.8 Å². The Bertz CT molecular complexity index is 1490. The van der Waals surface area contributed by atoms with Crippen LogP contribution >= 0.6 is 0 Å². The van der Waals surface area contributed by atoms with E-state index in [2.05, 4.69) is 10.0 Å². The van der Waals surface area contributed by atoms with Gasteiger partial charge in [0.1, 0.15) is 4.90 Å². The summed E-state index contributed by atoms with van der Waals surface area (Å²) >= 11 is 0. The molecule has 1 fully saturated rings. The van der Waals surface area contributed by atoms with Crippen LogP contribution in [0.4, 0.5) is 11.4 Å². The molecule has 2 aliphatic rings. The van der Waals surface area contributed by atoms with Crippen LogP contribution in [0.2, 0.25) is 0 Å². The van der Waals surface area contributed by atoms with E-state index in [1.54, 1.807) is 37.3 Å². The van der Waals surface area contributed by atoms with Crippen molar-refractivity contribution in [2.24, 2.45) is 11.7 Å². The Kier molecular flexibility index (Phi) is 7.45. The Hall–Kier alpha value is -4.09. The fourth-order valence-electron chi connectivity index (χ4n) is 4.82. The molecular formula is C28H30N4O6S. The molecule has 2 aliphatic heterocycles. The van der Waals surface area contributed by atoms with Crippen LogP contribution in [0, 0.1) is 5.92 Å². The Morgan fingerprint density at radius 2 is 1.69 bits per heavy atom. The number of hydrogen-bond donors (Lipinski definition) is 3. The first kappa shape index (κ1) is 26.5. The number of anilines is 2. The lowest BCUT2D eigenvalue weighted by Crippen LogP contribution is -2.39. The molecule has 3 aromatic carbocycles. The summed E-state index contributed by atoms with van der Waals surface area (Å²) < 4.78 is 40.9. The predicted octanol–water partition coefficient (Wildman–Crippen LogP) is 3.41. The number of hydrogen-bond acceptors (Lipinski definition) is 7. The molecular weight excluding hydrogens is 520 g/mol. The van der Waals surface area contributed by atoms with Crippen LogP contribution < -0.4 is 30.1 Å². The summed E-state index contributed by atoms with van der Waals surface area (Å²) in [5, 5.41) is 2.79. The average molecular weight is 551 g/mol. The molecule has 0 saturated carbocycles. The molecule has 4 N–H and O–H groups in total. The number of amides is 2. The quantitative estimate of drug-likeness (QED) is 0.390. The molecule has 0 aliphatic carbocycles. The van der Waals surface area contributed by atoms with Gasteiger partial charge in [0.15, 0.2) is 11.5 Å². The summed E-state index contributed by atoms with van der Waals surface area (Å²) in [6.07, 6.45) is 1.07. The molecule has 1 saturated heterocycles. The number of rotatable bonds is 8. The first-order chi connectivity index (χ1) is 18.7. The number of piperidine rings is 1. The smallest absolute Gasteiger partial charge is 0.255 e. The normalized spacial score (nSPS) is 16.1. The number of primary amides is 1. The second kappa shape index (κ2) is 11.0. The zero-order valence-electron chi connectivity index (χ0n) is 21.4. The summed E-state index contributed by atoms with van der Waals surface area (Å²) in [7, 11) is -4.02. The fraction of sp³-hybridized carbons (Fsp3) is 0.286. The second-order valence-electron chi connectivity index (χ2n) is 9.62. The molecule has 39 heavy (non-hydrogen) atoms. The van der Waals surface area contributed by atoms with Crippen molar-refractivity contribution in [2.45, 2.75) is 30.7 Å². The highest BCUT2D eigenvalue weighted by molar-refractivity contribution is 7.89. The molecule has 0 aromatic heterocycles. The Morgan fingerprint density at radius 1 is 0.974 bits per heavy atom. The van der Waals surface area contributed by atoms with E-state index in [1.807, 2.05) is 35.2 Å². The van der Waals surface area contributed by atoms with Gasteiger partial charge < -0.3 is 25.4 Å². The van der Waals surface area contributed by atoms with Crippen LogP contribution in [0.25, 0.3) is 0 Å². The molecule has 0 bridgehead atoms. The number of sulfonamides is 1. The van der Waals surface area contributed by atoms with Gasteiger partial charge in [0.05, 0.1) is 5.69 Å². The maximum Gasteiger partial charge on any atom is 0.255 e. The summed E-state index contributed by atoms with van der Waals surface area (Å²) in [5.74, 6) is 0.0280. The van der Waals surface area contributed by atoms with E-state index in [4.69, 9.17) is 15.2 Å². The van der Waals surface area contributed by atoms with Gasteiger partial charge in [-0.25, -0.2) is 13.1 Å². The van der Waals surface area contributed by atoms with Gasteiger partial charge in [-0.3, -0.25) is 9.59 Å². The van der Waals surface area contributed by atoms with Gasteiger partial charge in [0.2, 0.25) is 22.7 Å². The van der Waals surface area contributed by atoms with Gasteiger partial charge in [-0.15, -0.1) is 0 Å². The van der Waals surface area contributed by atoms with E-state index in [1.165, 1.54) is 6.07 Å². The molecule has 2 heterocycles. The topological polar surface area (TPSA) is 140 Å². The summed E-state index contributed by atoms with van der Waals surface area (Å²) in [5.41, 5.74) is 7.46. The molecule has 0 radical (unpaired) electrons. The fourth-order valence-corrected chi connectivity index (χ4v) is 6.30. The van der Waals surface area contributed by atoms with Crippen molar-refractivity contribution in [1.82, 2.24) is 4.72 Å². The minimum absolute atomic E-state index is 0.0336. The van der Waals surface area contributed by atoms with Gasteiger partial charge in [-0.05, 0) is 61.7 Å². The number of fused-ring (bicyclic) bond motifs is 1. The maximum absolute atomic E-state index is 13.7. The van der Waals surface area contributed by atoms with E-state index < -0.39 is 22.0 Å². The van der Waals surface area contributed by atoms with E-state index >= 15 is 0 Å². The Balaban J connectivity index is 1.44. The van der Waals surface area contributed by atoms with Crippen LogP contribution in [0.1, 0.15) is 41.7 Å². The lowest BCUT2D eigenvalue weighted by molar-refractivity contribution is -0.122. The van der Waals surface area contributed by atoms with Crippen molar-refractivity contribution in [3.63, 3.8) is 0 Å². The van der Waals surface area contributed by atoms with Gasteiger partial charge in [0.25, 0.3) is 5.91 Å². The molecule has 5 rings (SSSR count). The molecule has 1 atom stereocenters. The van der Waals surface area contributed by atoms with Gasteiger partial charge >= 0.3 is 0 Å². The minimum Gasteiger partial charge on any atom is -0.454 e. The number of nitrogens with two attached hydrogens (primary N) is 1. The number of carbonyl (C=O) groups excluding carboxylic acids is 2. The number of ether oxygens (including phenoxy) is 2. The molecule has 0 spiro atoms. The number of nitrogens with zero attached hydrogens (tertiary/aromatic N) is 1. The summed E-state index contributed by atoms with van der Waals surface area (Å²) in [4.78, 5) is 26.6. The minimum atomic E-state index is -4.02. The van der Waals surface area contributed by atoms with Gasteiger partial charge in [-0.1, -0.05) is 30.3 Å². The first-order valence-electron chi connectivity index (χ1n) is 12.7. The number of nitrogens with one attached hydrogen (secondary N) is 2. The highest BCUT2D eigenvalue weighted by Crippen LogP contribution is 2.34. The van der Waals surface area contributed by atoms with Crippen molar-refractivity contribution in [3.05, 3.63) is 77.9 Å². The van der Waals surface area contributed by atoms with Crippen LogP contribution in [0.5, 0.6) is 11.5 Å². The van der Waals surface area contributed by atoms with E-state index in [-0.39, 0.29) is 23.5 Å². The summed E-state index contributed by atoms with van der Waals surface area (Å²) in [6, 6.07) is 18.4. The van der Waals surface area contributed by atoms with E-state index in [9.17, 15) is 18.0 Å². The van der Waals surface area contributed by atoms with Crippen molar-refractivity contribution >= 4 is 33.2 Å². The molecule has 11 heteroatoms. The van der Waals surface area contributed by atoms with Gasteiger partial charge in [-0.2, -0.15) is 0 Å². The van der Waals surface area contributed by atoms with Gasteiger partial charge in [0, 0.05) is 36.3 Å². The third kappa shape index (κ3) is 5.84. The molecule has 0 unspecified atom stereocenters. The monoisotopic (exact) mass is 550 g/mol. The zero-order chi connectivity index (χ0) is 27.6. The van der Waals surface area contributed by atoms with Crippen molar-refractivity contribution < 1.29 is 27.5 Å². The van der Waals surface area contributed by atoms with Crippen LogP contribution in [0.3, 0.4) is 0 Å². The number of carbonyl (C=O) groups is 2. The van der Waals surface area contributed by atoms with Crippen molar-refractivity contribution in [1.29, 1.82) is 0 Å². The highest BCUT2D eigenvalue weighted by Gasteiger charge is 2.29. The van der Waals surface area contributed by atoms with Crippen LogP contribution in [-0.4, -0.2) is 40.1 Å². The number of benzene rings is 3. The Labute approximate surface area is 227 Å². The Morgan fingerprint density at radius 3 is 2.41 bits per heavy atom. The lowest BCUT2D eigenvalue weighted by Gasteiger charge is -2.33. The standard InChI is InChI=1S/C28H30N4O6S/c1-18(19-5-3-2-4-6-19)31-39(35,36)26-16-22(8-9-23(26)32-13-11-20(12-14-32)27(29)33)30-28(34)21-7-10-24-25(15-21)38-17-37-24/h2-10,15-16,18,20,31H,11-14,17H2,1H3,(H2,29,33)(H,30,34)/t18-/m0/s1. The van der Waals surface area contributed by atoms with Crippen LogP contribution in [0.15, 0.2) is 71.6 Å². The third-order valence-electron chi connectivity index (χ3n) is 7.01. The third-order valence-corrected chi connectivity index (χ3v) is 8.58. The van der Waals surface area contributed by atoms with Crippen molar-refractivity contribution in [2.75, 3.05) is 30.1 Å². The molecule has 3 aromatic rings. The van der Waals surface area contributed by atoms with Crippen molar-refractivity contribution in [3.8, 4) is 11.5 Å². The average Bonchev–Trinajstić information content (AvgIpc) is 3.41. The molecule has 10 nitrogen and oxygen atoms in total. The predicted molar refractivity (Wildman–Crippen MR) is 146 cm³/mol. The second-order valence-corrected chi connectivity index (χ2v) is 11.3. The summed E-state index contributed by atoms with van der Waals surface area (Å²) in [6.45, 7) is 2.82. The molecule has 2 amide bonds.